The van der Waals surface area contributed by atoms with Crippen molar-refractivity contribution in [3.63, 3.8) is 0 Å². The third-order valence-corrected chi connectivity index (χ3v) is 3.63. The molecule has 0 saturated carbocycles. The first-order valence-electron chi connectivity index (χ1n) is 7.19. The molecule has 0 saturated heterocycles. The van der Waals surface area contributed by atoms with Crippen LogP contribution in [0.3, 0.4) is 0 Å². The van der Waals surface area contributed by atoms with E-state index >= 15 is 0 Å². The molecule has 0 heterocycles. The highest BCUT2D eigenvalue weighted by Gasteiger charge is 2.19. The number of hydrogen-bond acceptors (Lipinski definition) is 3. The maximum absolute atomic E-state index is 10.5. The summed E-state index contributed by atoms with van der Waals surface area (Å²) < 4.78 is 0. The summed E-state index contributed by atoms with van der Waals surface area (Å²) in [6.07, 6.45) is 2.14. The third kappa shape index (κ3) is 4.60. The van der Waals surface area contributed by atoms with E-state index in [0.717, 1.165) is 31.4 Å². The molecule has 0 aromatic heterocycles. The Kier molecular flexibility index (Phi) is 6.49. The molecule has 0 amide bonds. The Balaban J connectivity index is 2.87. The minimum atomic E-state index is -0.568. The van der Waals surface area contributed by atoms with Crippen LogP contribution >= 0.6 is 0 Å². The quantitative estimate of drug-likeness (QED) is 0.793. The van der Waals surface area contributed by atoms with E-state index in [1.165, 1.54) is 11.1 Å². The maximum atomic E-state index is 10.5. The monoisotopic (exact) mass is 264 g/mol. The third-order valence-electron chi connectivity index (χ3n) is 3.63. The van der Waals surface area contributed by atoms with Crippen LogP contribution in [0.15, 0.2) is 18.2 Å². The van der Waals surface area contributed by atoms with Crippen molar-refractivity contribution in [2.75, 3.05) is 20.6 Å². The fraction of sp³-hybridized carbons (Fsp3) is 0.625. The molecule has 1 rings (SSSR count). The summed E-state index contributed by atoms with van der Waals surface area (Å²) in [5.41, 5.74) is 9.60. The zero-order valence-corrected chi connectivity index (χ0v) is 12.7. The van der Waals surface area contributed by atoms with Gasteiger partial charge in [0, 0.05) is 6.04 Å². The fourth-order valence-corrected chi connectivity index (χ4v) is 2.26. The van der Waals surface area contributed by atoms with Crippen molar-refractivity contribution in [2.45, 2.75) is 45.3 Å². The Morgan fingerprint density at radius 2 is 1.89 bits per heavy atom. The summed E-state index contributed by atoms with van der Waals surface area (Å²) in [5.74, 6) is 0. The molecule has 0 radical (unpaired) electrons. The van der Waals surface area contributed by atoms with Crippen LogP contribution in [0.5, 0.6) is 0 Å². The van der Waals surface area contributed by atoms with Gasteiger partial charge in [0.2, 0.25) is 0 Å². The highest BCUT2D eigenvalue weighted by atomic mass is 16.3. The second-order valence-corrected chi connectivity index (χ2v) is 5.44. The standard InChI is InChI=1S/C16H28N2O/c1-5-12-7-8-13(6-2)14(11-12)16(19)15(17)9-10-18(3)4/h7-8,11,15-16,19H,5-6,9-10,17H2,1-4H3. The molecule has 19 heavy (non-hydrogen) atoms. The van der Waals surface area contributed by atoms with Gasteiger partial charge in [0.25, 0.3) is 0 Å². The lowest BCUT2D eigenvalue weighted by Crippen LogP contribution is -2.32. The number of hydrogen-bond donors (Lipinski definition) is 2. The van der Waals surface area contributed by atoms with Crippen LogP contribution < -0.4 is 5.73 Å². The molecule has 2 unspecified atom stereocenters. The van der Waals surface area contributed by atoms with Gasteiger partial charge in [-0.2, -0.15) is 0 Å². The van der Waals surface area contributed by atoms with Crippen LogP contribution in [-0.2, 0) is 12.8 Å². The van der Waals surface area contributed by atoms with Crippen molar-refractivity contribution >= 4 is 0 Å². The van der Waals surface area contributed by atoms with Gasteiger partial charge < -0.3 is 15.7 Å². The molecule has 0 aliphatic rings. The Morgan fingerprint density at radius 3 is 2.42 bits per heavy atom. The summed E-state index contributed by atoms with van der Waals surface area (Å²) >= 11 is 0. The lowest BCUT2D eigenvalue weighted by atomic mass is 9.92. The van der Waals surface area contributed by atoms with Crippen molar-refractivity contribution in [1.82, 2.24) is 4.90 Å². The molecule has 0 spiro atoms. The van der Waals surface area contributed by atoms with Crippen LogP contribution in [0.25, 0.3) is 0 Å². The zero-order valence-electron chi connectivity index (χ0n) is 12.7. The Labute approximate surface area is 117 Å². The normalized spacial score (nSPS) is 14.7. The predicted octanol–water partition coefficient (Wildman–Crippen LogP) is 2.12. The van der Waals surface area contributed by atoms with Crippen LogP contribution in [0.2, 0.25) is 0 Å². The Bertz CT molecular complexity index is 390. The lowest BCUT2D eigenvalue weighted by molar-refractivity contribution is 0.136. The molecule has 3 nitrogen and oxygen atoms in total. The summed E-state index contributed by atoms with van der Waals surface area (Å²) in [7, 11) is 4.04. The maximum Gasteiger partial charge on any atom is 0.0944 e. The predicted molar refractivity (Wildman–Crippen MR) is 81.3 cm³/mol. The van der Waals surface area contributed by atoms with E-state index in [-0.39, 0.29) is 6.04 Å². The van der Waals surface area contributed by atoms with Gasteiger partial charge in [0.15, 0.2) is 0 Å². The van der Waals surface area contributed by atoms with E-state index in [1.807, 2.05) is 14.1 Å². The van der Waals surface area contributed by atoms with E-state index in [9.17, 15) is 5.11 Å². The number of aliphatic hydroxyl groups is 1. The summed E-state index contributed by atoms with van der Waals surface area (Å²) in [6.45, 7) is 5.14. The largest absolute Gasteiger partial charge is 0.387 e. The SMILES string of the molecule is CCc1ccc(CC)c(C(O)C(N)CCN(C)C)c1. The van der Waals surface area contributed by atoms with E-state index in [0.29, 0.717) is 0 Å². The number of benzene rings is 1. The Hall–Kier alpha value is -0.900. The van der Waals surface area contributed by atoms with Gasteiger partial charge in [-0.15, -0.1) is 0 Å². The van der Waals surface area contributed by atoms with E-state index in [1.54, 1.807) is 0 Å². The molecule has 0 aliphatic heterocycles. The second-order valence-electron chi connectivity index (χ2n) is 5.44. The van der Waals surface area contributed by atoms with Gasteiger partial charge >= 0.3 is 0 Å². The van der Waals surface area contributed by atoms with Crippen molar-refractivity contribution in [3.8, 4) is 0 Å². The number of nitrogens with zero attached hydrogens (tertiary/aromatic N) is 1. The first-order chi connectivity index (χ1) is 8.99. The average Bonchev–Trinajstić information content (AvgIpc) is 2.42. The number of aliphatic hydroxyl groups excluding tert-OH is 1. The summed E-state index contributed by atoms with van der Waals surface area (Å²) in [5, 5.41) is 10.5. The smallest absolute Gasteiger partial charge is 0.0944 e. The van der Waals surface area contributed by atoms with Crippen LogP contribution in [0.1, 0.15) is 43.1 Å². The molecule has 0 aliphatic carbocycles. The lowest BCUT2D eigenvalue weighted by Gasteiger charge is -2.23. The first kappa shape index (κ1) is 16.2. The van der Waals surface area contributed by atoms with Crippen LogP contribution in [-0.4, -0.2) is 36.7 Å². The number of rotatable bonds is 7. The molecule has 108 valence electrons. The Morgan fingerprint density at radius 1 is 1.21 bits per heavy atom. The van der Waals surface area contributed by atoms with Crippen molar-refractivity contribution in [1.29, 1.82) is 0 Å². The topological polar surface area (TPSA) is 49.5 Å². The van der Waals surface area contributed by atoms with Gasteiger partial charge in [0.05, 0.1) is 6.10 Å². The molecule has 1 aromatic rings. The molecule has 1 aromatic carbocycles. The highest BCUT2D eigenvalue weighted by Crippen LogP contribution is 2.24. The van der Waals surface area contributed by atoms with Crippen molar-refractivity contribution in [2.24, 2.45) is 5.73 Å². The minimum Gasteiger partial charge on any atom is -0.387 e. The fourth-order valence-electron chi connectivity index (χ4n) is 2.26. The molecule has 3 N–H and O–H groups in total. The summed E-state index contributed by atoms with van der Waals surface area (Å²) in [4.78, 5) is 2.09. The number of nitrogens with two attached hydrogens (primary N) is 1. The van der Waals surface area contributed by atoms with Gasteiger partial charge in [-0.25, -0.2) is 0 Å². The molecule has 0 bridgehead atoms. The van der Waals surface area contributed by atoms with Gasteiger partial charge in [0.1, 0.15) is 0 Å². The highest BCUT2D eigenvalue weighted by molar-refractivity contribution is 5.34. The van der Waals surface area contributed by atoms with Crippen LogP contribution in [0, 0.1) is 0 Å². The van der Waals surface area contributed by atoms with Gasteiger partial charge in [-0.1, -0.05) is 32.0 Å². The van der Waals surface area contributed by atoms with Gasteiger partial charge in [-0.3, -0.25) is 0 Å². The minimum absolute atomic E-state index is 0.209. The van der Waals surface area contributed by atoms with E-state index in [4.69, 9.17) is 5.73 Å². The second kappa shape index (κ2) is 7.63. The first-order valence-corrected chi connectivity index (χ1v) is 7.19. The molecular formula is C16H28N2O. The van der Waals surface area contributed by atoms with Gasteiger partial charge in [-0.05, 0) is 56.6 Å². The molecule has 0 fully saturated rings. The van der Waals surface area contributed by atoms with E-state index < -0.39 is 6.10 Å². The number of aryl methyl sites for hydroxylation is 2. The average molecular weight is 264 g/mol. The van der Waals surface area contributed by atoms with E-state index in [2.05, 4.69) is 36.9 Å². The van der Waals surface area contributed by atoms with Crippen molar-refractivity contribution in [3.05, 3.63) is 34.9 Å². The van der Waals surface area contributed by atoms with Crippen molar-refractivity contribution < 1.29 is 5.11 Å². The summed E-state index contributed by atoms with van der Waals surface area (Å²) in [6, 6.07) is 6.16. The molecular weight excluding hydrogens is 236 g/mol. The zero-order chi connectivity index (χ0) is 14.4. The molecule has 2 atom stereocenters. The van der Waals surface area contributed by atoms with Crippen LogP contribution in [0.4, 0.5) is 0 Å². The molecule has 3 heteroatoms.